The third-order valence-electron chi connectivity index (χ3n) is 2.60. The van der Waals surface area contributed by atoms with E-state index >= 15 is 0 Å². The lowest BCUT2D eigenvalue weighted by Gasteiger charge is -2.27. The molecular formula is C11H21O. The Labute approximate surface area is 76.5 Å². The Balaban J connectivity index is 2.24. The molecule has 0 saturated heterocycles. The molecule has 1 nitrogen and oxygen atoms in total. The zero-order valence-corrected chi connectivity index (χ0v) is 8.60. The summed E-state index contributed by atoms with van der Waals surface area (Å²) < 4.78 is 5.71. The van der Waals surface area contributed by atoms with Gasteiger partial charge in [0.1, 0.15) is 0 Å². The monoisotopic (exact) mass is 169 g/mol. The molecule has 0 aromatic heterocycles. The van der Waals surface area contributed by atoms with E-state index in [1.54, 1.807) is 0 Å². The minimum absolute atomic E-state index is 0.354. The second-order valence-corrected chi connectivity index (χ2v) is 4.11. The van der Waals surface area contributed by atoms with E-state index in [1.807, 2.05) is 0 Å². The van der Waals surface area contributed by atoms with Crippen LogP contribution < -0.4 is 0 Å². The molecule has 0 aromatic carbocycles. The van der Waals surface area contributed by atoms with Gasteiger partial charge in [0.05, 0.1) is 12.2 Å². The van der Waals surface area contributed by atoms with Gasteiger partial charge in [-0.25, -0.2) is 0 Å². The molecule has 1 radical (unpaired) electrons. The van der Waals surface area contributed by atoms with Gasteiger partial charge in [-0.05, 0) is 39.5 Å². The second-order valence-electron chi connectivity index (χ2n) is 4.11. The highest BCUT2D eigenvalue weighted by molar-refractivity contribution is 4.85. The third kappa shape index (κ3) is 3.14. The van der Waals surface area contributed by atoms with Crippen molar-refractivity contribution in [1.29, 1.82) is 0 Å². The molecule has 1 rings (SSSR count). The normalized spacial score (nSPS) is 20.8. The number of rotatable bonds is 3. The lowest BCUT2D eigenvalue weighted by atomic mass is 9.86. The summed E-state index contributed by atoms with van der Waals surface area (Å²) in [4.78, 5) is 0. The number of hydrogen-bond donors (Lipinski definition) is 0. The second kappa shape index (κ2) is 4.86. The summed E-state index contributed by atoms with van der Waals surface area (Å²) in [6.07, 6.45) is 8.52. The lowest BCUT2D eigenvalue weighted by Crippen LogP contribution is -2.19. The van der Waals surface area contributed by atoms with Crippen LogP contribution >= 0.6 is 0 Å². The van der Waals surface area contributed by atoms with E-state index in [0.717, 1.165) is 5.92 Å². The fraction of sp³-hybridized carbons (Fsp3) is 0.909. The van der Waals surface area contributed by atoms with Crippen LogP contribution in [0.2, 0.25) is 0 Å². The first-order valence-electron chi connectivity index (χ1n) is 5.20. The van der Waals surface area contributed by atoms with E-state index in [1.165, 1.54) is 38.2 Å². The van der Waals surface area contributed by atoms with Gasteiger partial charge in [0.25, 0.3) is 0 Å². The van der Waals surface area contributed by atoms with Gasteiger partial charge in [-0.1, -0.05) is 19.3 Å². The molecule has 0 N–H and O–H groups in total. The average molecular weight is 169 g/mol. The Morgan fingerprint density at radius 3 is 2.25 bits per heavy atom. The smallest absolute Gasteiger partial charge is 0.0974 e. The molecule has 71 valence electrons. The van der Waals surface area contributed by atoms with E-state index in [4.69, 9.17) is 4.74 Å². The minimum atomic E-state index is 0.354. The predicted octanol–water partition coefficient (Wildman–Crippen LogP) is 3.54. The fourth-order valence-electron chi connectivity index (χ4n) is 1.98. The predicted molar refractivity (Wildman–Crippen MR) is 51.7 cm³/mol. The SMILES string of the molecule is C[C](OC(C)C)C1CCCCC1. The molecule has 1 heteroatoms. The molecule has 12 heavy (non-hydrogen) atoms. The number of ether oxygens (including phenoxy) is 1. The Bertz CT molecular complexity index is 114. The van der Waals surface area contributed by atoms with Crippen LogP contribution in [0.15, 0.2) is 0 Å². The largest absolute Gasteiger partial charge is 0.369 e. The molecule has 1 saturated carbocycles. The summed E-state index contributed by atoms with van der Waals surface area (Å²) in [5, 5.41) is 0. The van der Waals surface area contributed by atoms with Gasteiger partial charge < -0.3 is 4.74 Å². The van der Waals surface area contributed by atoms with Gasteiger partial charge in [0.2, 0.25) is 0 Å². The molecule has 0 unspecified atom stereocenters. The maximum Gasteiger partial charge on any atom is 0.0974 e. The Kier molecular flexibility index (Phi) is 4.07. The van der Waals surface area contributed by atoms with Crippen molar-refractivity contribution in [1.82, 2.24) is 0 Å². The van der Waals surface area contributed by atoms with Crippen LogP contribution in [0.4, 0.5) is 0 Å². The first kappa shape index (κ1) is 10.0. The van der Waals surface area contributed by atoms with Gasteiger partial charge >= 0.3 is 0 Å². The first-order valence-corrected chi connectivity index (χ1v) is 5.20. The highest BCUT2D eigenvalue weighted by Gasteiger charge is 2.21. The van der Waals surface area contributed by atoms with Crippen LogP contribution in [-0.4, -0.2) is 6.10 Å². The van der Waals surface area contributed by atoms with E-state index in [9.17, 15) is 0 Å². The van der Waals surface area contributed by atoms with Crippen molar-refractivity contribution in [2.24, 2.45) is 5.92 Å². The van der Waals surface area contributed by atoms with Crippen LogP contribution in [0, 0.1) is 12.0 Å². The lowest BCUT2D eigenvalue weighted by molar-refractivity contribution is 0.0525. The van der Waals surface area contributed by atoms with E-state index in [2.05, 4.69) is 20.8 Å². The summed E-state index contributed by atoms with van der Waals surface area (Å²) in [5.74, 6) is 0.751. The van der Waals surface area contributed by atoms with Crippen molar-refractivity contribution in [3.63, 3.8) is 0 Å². The van der Waals surface area contributed by atoms with E-state index < -0.39 is 0 Å². The van der Waals surface area contributed by atoms with Crippen LogP contribution in [0.1, 0.15) is 52.9 Å². The van der Waals surface area contributed by atoms with Gasteiger partial charge in [-0.15, -0.1) is 0 Å². The Morgan fingerprint density at radius 2 is 1.75 bits per heavy atom. The van der Waals surface area contributed by atoms with Gasteiger partial charge in [0.15, 0.2) is 0 Å². The molecule has 0 bridgehead atoms. The maximum atomic E-state index is 5.71. The maximum absolute atomic E-state index is 5.71. The number of hydrogen-bond acceptors (Lipinski definition) is 1. The van der Waals surface area contributed by atoms with Crippen LogP contribution in [0.25, 0.3) is 0 Å². The van der Waals surface area contributed by atoms with Crippen LogP contribution in [0.3, 0.4) is 0 Å². The average Bonchev–Trinajstić information content (AvgIpc) is 2.05. The Hall–Kier alpha value is -0.0400. The van der Waals surface area contributed by atoms with E-state index in [0.29, 0.717) is 6.10 Å². The van der Waals surface area contributed by atoms with Crippen molar-refractivity contribution in [2.75, 3.05) is 0 Å². The fourth-order valence-corrected chi connectivity index (χ4v) is 1.98. The minimum Gasteiger partial charge on any atom is -0.369 e. The molecule has 0 atom stereocenters. The molecule has 0 heterocycles. The summed E-state index contributed by atoms with van der Waals surface area (Å²) in [5.41, 5.74) is 0. The summed E-state index contributed by atoms with van der Waals surface area (Å²) in [7, 11) is 0. The van der Waals surface area contributed by atoms with E-state index in [-0.39, 0.29) is 0 Å². The highest BCUT2D eigenvalue weighted by Crippen LogP contribution is 2.32. The standard InChI is InChI=1S/C11H21O/c1-9(2)12-10(3)11-7-5-4-6-8-11/h9,11H,4-8H2,1-3H3. The molecule has 1 fully saturated rings. The highest BCUT2D eigenvalue weighted by atomic mass is 16.5. The van der Waals surface area contributed by atoms with Crippen molar-refractivity contribution in [3.05, 3.63) is 6.10 Å². The van der Waals surface area contributed by atoms with Crippen molar-refractivity contribution >= 4 is 0 Å². The van der Waals surface area contributed by atoms with Crippen molar-refractivity contribution in [3.8, 4) is 0 Å². The van der Waals surface area contributed by atoms with Crippen LogP contribution in [-0.2, 0) is 4.74 Å². The van der Waals surface area contributed by atoms with Gasteiger partial charge in [0, 0.05) is 0 Å². The topological polar surface area (TPSA) is 9.23 Å². The summed E-state index contributed by atoms with van der Waals surface area (Å²) in [6.45, 7) is 6.36. The third-order valence-corrected chi connectivity index (χ3v) is 2.60. The van der Waals surface area contributed by atoms with Gasteiger partial charge in [-0.3, -0.25) is 0 Å². The molecule has 0 aliphatic heterocycles. The molecule has 0 amide bonds. The quantitative estimate of drug-likeness (QED) is 0.628. The van der Waals surface area contributed by atoms with Crippen molar-refractivity contribution < 1.29 is 4.74 Å². The molecule has 0 spiro atoms. The Morgan fingerprint density at radius 1 is 1.17 bits per heavy atom. The van der Waals surface area contributed by atoms with Crippen LogP contribution in [0.5, 0.6) is 0 Å². The molecule has 0 aromatic rings. The zero-order chi connectivity index (χ0) is 8.97. The summed E-state index contributed by atoms with van der Waals surface area (Å²) in [6, 6.07) is 0. The van der Waals surface area contributed by atoms with Gasteiger partial charge in [-0.2, -0.15) is 0 Å². The molecule has 1 aliphatic carbocycles. The zero-order valence-electron chi connectivity index (χ0n) is 8.60. The molecular weight excluding hydrogens is 148 g/mol. The first-order chi connectivity index (χ1) is 5.70. The summed E-state index contributed by atoms with van der Waals surface area (Å²) >= 11 is 0. The van der Waals surface area contributed by atoms with Crippen molar-refractivity contribution in [2.45, 2.75) is 59.0 Å². The molecule has 1 aliphatic rings.